The van der Waals surface area contributed by atoms with Crippen LogP contribution >= 0.6 is 0 Å². The minimum atomic E-state index is -5.56. The first-order chi connectivity index (χ1) is 8.17. The summed E-state index contributed by atoms with van der Waals surface area (Å²) in [5.74, 6) is -5.56. The summed E-state index contributed by atoms with van der Waals surface area (Å²) in [6, 6.07) is -4.92. The second kappa shape index (κ2) is 5.24. The van der Waals surface area contributed by atoms with Crippen LogP contribution in [0.25, 0.3) is 0 Å². The molecular formula is C10H15F6NO. The molecule has 0 unspecified atom stereocenters. The molecule has 0 radical (unpaired) electrons. The first kappa shape index (κ1) is 15.6. The molecule has 18 heavy (non-hydrogen) atoms. The first-order valence-corrected chi connectivity index (χ1v) is 5.69. The van der Waals surface area contributed by atoms with Crippen molar-refractivity contribution in [2.45, 2.75) is 44.3 Å². The third-order valence-corrected chi connectivity index (χ3v) is 2.82. The fraction of sp³-hybridized carbons (Fsp3) is 1.00. The van der Waals surface area contributed by atoms with E-state index in [0.29, 0.717) is 6.42 Å². The number of likely N-dealkylation sites (tertiary alicyclic amines) is 1. The molecular weight excluding hydrogens is 264 g/mol. The van der Waals surface area contributed by atoms with E-state index in [-0.39, 0.29) is 30.8 Å². The third kappa shape index (κ3) is 2.59. The molecule has 0 aromatic rings. The summed E-state index contributed by atoms with van der Waals surface area (Å²) in [4.78, 5) is 0.101. The summed E-state index contributed by atoms with van der Waals surface area (Å²) in [6.45, 7) is -0.405. The Labute approximate surface area is 101 Å². The average Bonchev–Trinajstić information content (AvgIpc) is 2.29. The standard InChI is InChI=1S/C10H15F6NO/c1-2-18-10(15,16)8(11,12)9(13,14)17-6-4-3-5-7-17/h2-7H2,1H3. The Hall–Kier alpha value is -0.500. The highest BCUT2D eigenvalue weighted by atomic mass is 19.4. The smallest absolute Gasteiger partial charge is 0.316 e. The number of ether oxygens (including phenoxy) is 1. The number of hydrogen-bond acceptors (Lipinski definition) is 2. The van der Waals surface area contributed by atoms with Crippen LogP contribution in [-0.2, 0) is 4.74 Å². The number of piperidine rings is 1. The topological polar surface area (TPSA) is 12.5 Å². The highest BCUT2D eigenvalue weighted by Crippen LogP contribution is 2.48. The lowest BCUT2D eigenvalue weighted by Gasteiger charge is -2.40. The summed E-state index contributed by atoms with van der Waals surface area (Å²) in [5.41, 5.74) is 0. The van der Waals surface area contributed by atoms with Crippen LogP contribution in [0.15, 0.2) is 0 Å². The Morgan fingerprint density at radius 2 is 1.44 bits per heavy atom. The molecule has 0 spiro atoms. The van der Waals surface area contributed by atoms with Crippen LogP contribution in [0.3, 0.4) is 0 Å². The van der Waals surface area contributed by atoms with Crippen molar-refractivity contribution in [2.75, 3.05) is 19.7 Å². The van der Waals surface area contributed by atoms with E-state index in [1.54, 1.807) is 0 Å². The lowest BCUT2D eigenvalue weighted by atomic mass is 10.1. The van der Waals surface area contributed by atoms with E-state index in [4.69, 9.17) is 0 Å². The van der Waals surface area contributed by atoms with Crippen molar-refractivity contribution in [2.24, 2.45) is 0 Å². The van der Waals surface area contributed by atoms with E-state index in [0.717, 1.165) is 6.92 Å². The van der Waals surface area contributed by atoms with Gasteiger partial charge in [-0.05, 0) is 19.8 Å². The second-order valence-corrected chi connectivity index (χ2v) is 4.11. The van der Waals surface area contributed by atoms with Crippen molar-refractivity contribution in [1.82, 2.24) is 4.90 Å². The van der Waals surface area contributed by atoms with Crippen molar-refractivity contribution < 1.29 is 31.1 Å². The molecule has 0 aromatic heterocycles. The Kier molecular flexibility index (Phi) is 4.53. The Bertz CT molecular complexity index is 278. The van der Waals surface area contributed by atoms with Crippen molar-refractivity contribution >= 4 is 0 Å². The zero-order valence-corrected chi connectivity index (χ0v) is 9.87. The van der Waals surface area contributed by atoms with Crippen LogP contribution in [0.2, 0.25) is 0 Å². The van der Waals surface area contributed by atoms with Gasteiger partial charge in [0.25, 0.3) is 0 Å². The molecule has 0 aliphatic carbocycles. The monoisotopic (exact) mass is 279 g/mol. The number of nitrogens with zero attached hydrogens (tertiary/aromatic N) is 1. The van der Waals surface area contributed by atoms with Gasteiger partial charge < -0.3 is 4.74 Å². The predicted molar refractivity (Wildman–Crippen MR) is 51.9 cm³/mol. The normalized spacial score (nSPS) is 20.2. The molecule has 0 N–H and O–H groups in total. The SMILES string of the molecule is CCOC(F)(F)C(F)(F)C(F)(F)N1CCCCC1. The van der Waals surface area contributed by atoms with Gasteiger partial charge in [-0.2, -0.15) is 26.3 Å². The van der Waals surface area contributed by atoms with Gasteiger partial charge in [-0.3, -0.25) is 0 Å². The summed E-state index contributed by atoms with van der Waals surface area (Å²) in [7, 11) is 0. The zero-order chi connectivity index (χ0) is 14.0. The van der Waals surface area contributed by atoms with E-state index < -0.39 is 24.7 Å². The van der Waals surface area contributed by atoms with Gasteiger partial charge in [-0.15, -0.1) is 0 Å². The molecule has 0 bridgehead atoms. The Morgan fingerprint density at radius 3 is 1.89 bits per heavy atom. The highest BCUT2D eigenvalue weighted by Gasteiger charge is 2.74. The molecule has 0 amide bonds. The first-order valence-electron chi connectivity index (χ1n) is 5.69. The van der Waals surface area contributed by atoms with Crippen LogP contribution in [0.1, 0.15) is 26.2 Å². The Balaban J connectivity index is 2.92. The molecule has 0 atom stereocenters. The molecule has 2 nitrogen and oxygen atoms in total. The summed E-state index contributed by atoms with van der Waals surface area (Å²) < 4.78 is 83.0. The summed E-state index contributed by atoms with van der Waals surface area (Å²) in [5, 5.41) is 0. The molecule has 0 saturated carbocycles. The second-order valence-electron chi connectivity index (χ2n) is 4.11. The van der Waals surface area contributed by atoms with Gasteiger partial charge in [-0.1, -0.05) is 6.42 Å². The van der Waals surface area contributed by atoms with E-state index in [2.05, 4.69) is 4.74 Å². The molecule has 1 fully saturated rings. The van der Waals surface area contributed by atoms with E-state index in [1.165, 1.54) is 0 Å². The van der Waals surface area contributed by atoms with Gasteiger partial charge in [0.1, 0.15) is 0 Å². The lowest BCUT2D eigenvalue weighted by Crippen LogP contribution is -2.63. The van der Waals surface area contributed by atoms with Crippen LogP contribution in [0.4, 0.5) is 26.3 Å². The number of rotatable bonds is 5. The maximum atomic E-state index is 13.5. The maximum absolute atomic E-state index is 13.5. The largest absolute Gasteiger partial charge is 0.427 e. The van der Waals surface area contributed by atoms with Gasteiger partial charge in [-0.25, -0.2) is 4.90 Å². The molecule has 1 heterocycles. The molecule has 1 rings (SSSR count). The van der Waals surface area contributed by atoms with Gasteiger partial charge in [0, 0.05) is 13.1 Å². The van der Waals surface area contributed by atoms with E-state index in [1.807, 2.05) is 0 Å². The van der Waals surface area contributed by atoms with Crippen LogP contribution < -0.4 is 0 Å². The van der Waals surface area contributed by atoms with Gasteiger partial charge in [0.05, 0.1) is 6.61 Å². The highest BCUT2D eigenvalue weighted by molar-refractivity contribution is 4.92. The summed E-state index contributed by atoms with van der Waals surface area (Å²) in [6.07, 6.45) is -4.00. The molecule has 1 aliphatic heterocycles. The molecule has 0 aromatic carbocycles. The molecule has 1 aliphatic rings. The zero-order valence-electron chi connectivity index (χ0n) is 9.87. The lowest BCUT2D eigenvalue weighted by molar-refractivity contribution is -0.423. The molecule has 108 valence electrons. The molecule has 8 heteroatoms. The predicted octanol–water partition coefficient (Wildman–Crippen LogP) is 3.33. The van der Waals surface area contributed by atoms with Crippen molar-refractivity contribution in [3.8, 4) is 0 Å². The average molecular weight is 279 g/mol. The van der Waals surface area contributed by atoms with Gasteiger partial charge in [0.15, 0.2) is 0 Å². The van der Waals surface area contributed by atoms with E-state index >= 15 is 0 Å². The fourth-order valence-electron chi connectivity index (χ4n) is 1.82. The number of hydrogen-bond donors (Lipinski definition) is 0. The third-order valence-electron chi connectivity index (χ3n) is 2.82. The minimum Gasteiger partial charge on any atom is -0.316 e. The van der Waals surface area contributed by atoms with Crippen LogP contribution in [0.5, 0.6) is 0 Å². The molecule has 1 saturated heterocycles. The number of alkyl halides is 6. The Morgan fingerprint density at radius 1 is 0.944 bits per heavy atom. The van der Waals surface area contributed by atoms with E-state index in [9.17, 15) is 26.3 Å². The van der Waals surface area contributed by atoms with Gasteiger partial charge >= 0.3 is 18.1 Å². The fourth-order valence-corrected chi connectivity index (χ4v) is 1.82. The van der Waals surface area contributed by atoms with Crippen LogP contribution in [0, 0.1) is 0 Å². The van der Waals surface area contributed by atoms with Gasteiger partial charge in [0.2, 0.25) is 0 Å². The van der Waals surface area contributed by atoms with Crippen molar-refractivity contribution in [1.29, 1.82) is 0 Å². The summed E-state index contributed by atoms with van der Waals surface area (Å²) >= 11 is 0. The quantitative estimate of drug-likeness (QED) is 0.565. The number of halogens is 6. The van der Waals surface area contributed by atoms with Crippen LogP contribution in [-0.4, -0.2) is 42.7 Å². The minimum absolute atomic E-state index is 0.101. The van der Waals surface area contributed by atoms with Crippen molar-refractivity contribution in [3.05, 3.63) is 0 Å². The van der Waals surface area contributed by atoms with Crippen molar-refractivity contribution in [3.63, 3.8) is 0 Å². The maximum Gasteiger partial charge on any atom is 0.427 e.